The Balaban J connectivity index is 1.75. The van der Waals surface area contributed by atoms with Gasteiger partial charge in [-0.05, 0) is 24.4 Å². The Bertz CT molecular complexity index is 867. The van der Waals surface area contributed by atoms with Crippen molar-refractivity contribution in [3.8, 4) is 20.3 Å². The fraction of sp³-hybridized carbons (Fsp3) is 0.0556. The van der Waals surface area contributed by atoms with Gasteiger partial charge in [0.05, 0.1) is 4.88 Å². The molecule has 0 amide bonds. The molecule has 0 radical (unpaired) electrons. The van der Waals surface area contributed by atoms with Crippen molar-refractivity contribution >= 4 is 32.8 Å². The smallest absolute Gasteiger partial charge is 0.123 e. The molecule has 0 unspecified atom stereocenters. The zero-order valence-electron chi connectivity index (χ0n) is 11.5. The molecule has 2 aromatic heterocycles. The molecule has 21 heavy (non-hydrogen) atoms. The van der Waals surface area contributed by atoms with E-state index in [2.05, 4.69) is 66.5 Å². The highest BCUT2D eigenvalue weighted by molar-refractivity contribution is 7.26. The van der Waals surface area contributed by atoms with Gasteiger partial charge >= 0.3 is 0 Å². The summed E-state index contributed by atoms with van der Waals surface area (Å²) in [6.45, 7) is 2.11. The molecule has 4 aromatic rings. The lowest BCUT2D eigenvalue weighted by Crippen LogP contribution is -1.75. The Hall–Kier alpha value is -1.97. The minimum atomic E-state index is 1.09. The van der Waals surface area contributed by atoms with E-state index in [9.17, 15) is 0 Å². The maximum Gasteiger partial charge on any atom is 0.123 e. The Morgan fingerprint density at radius 3 is 2.48 bits per heavy atom. The second kappa shape index (κ2) is 5.10. The number of rotatable bonds is 2. The van der Waals surface area contributed by atoms with E-state index in [1.165, 1.54) is 31.0 Å². The van der Waals surface area contributed by atoms with Crippen molar-refractivity contribution in [3.63, 3.8) is 0 Å². The summed E-state index contributed by atoms with van der Waals surface area (Å²) in [6, 6.07) is 19.3. The van der Waals surface area contributed by atoms with Gasteiger partial charge in [0.2, 0.25) is 0 Å². The van der Waals surface area contributed by atoms with Crippen molar-refractivity contribution in [3.05, 3.63) is 66.4 Å². The molecule has 4 rings (SSSR count). The second-order valence-electron chi connectivity index (χ2n) is 5.04. The molecule has 0 aliphatic carbocycles. The summed E-state index contributed by atoms with van der Waals surface area (Å²) in [6.07, 6.45) is 1.99. The third-order valence-corrected chi connectivity index (χ3v) is 5.83. The van der Waals surface area contributed by atoms with Crippen molar-refractivity contribution in [2.75, 3.05) is 0 Å². The molecule has 0 aliphatic heterocycles. The lowest BCUT2D eigenvalue weighted by molar-refractivity contribution is 1.40. The molecule has 102 valence electrons. The van der Waals surface area contributed by atoms with Crippen LogP contribution in [0.15, 0.2) is 60.8 Å². The summed E-state index contributed by atoms with van der Waals surface area (Å²) in [5.41, 5.74) is 2.47. The van der Waals surface area contributed by atoms with Gasteiger partial charge in [0, 0.05) is 21.3 Å². The molecule has 0 spiro atoms. The second-order valence-corrected chi connectivity index (χ2v) is 7.16. The molecule has 0 N–H and O–H groups in total. The number of benzene rings is 2. The first-order valence-electron chi connectivity index (χ1n) is 6.81. The van der Waals surface area contributed by atoms with E-state index in [4.69, 9.17) is 0 Å². The number of thiophene rings is 1. The van der Waals surface area contributed by atoms with E-state index < -0.39 is 0 Å². The number of nitrogens with zero attached hydrogens (tertiary/aromatic N) is 1. The number of aromatic nitrogens is 1. The SMILES string of the molecule is Cc1ccc(-c2ncc(-c3cc4ccccc4s3)s2)cc1. The van der Waals surface area contributed by atoms with Crippen LogP contribution in [-0.2, 0) is 0 Å². The minimum Gasteiger partial charge on any atom is -0.244 e. The lowest BCUT2D eigenvalue weighted by atomic mass is 10.2. The molecular weight excluding hydrogens is 294 g/mol. The van der Waals surface area contributed by atoms with Gasteiger partial charge in [0.1, 0.15) is 5.01 Å². The van der Waals surface area contributed by atoms with Gasteiger partial charge in [-0.3, -0.25) is 0 Å². The van der Waals surface area contributed by atoms with Gasteiger partial charge in [-0.15, -0.1) is 22.7 Å². The molecule has 0 aliphatic rings. The fourth-order valence-electron chi connectivity index (χ4n) is 2.32. The Labute approximate surface area is 131 Å². The maximum absolute atomic E-state index is 4.59. The van der Waals surface area contributed by atoms with Crippen LogP contribution in [0.4, 0.5) is 0 Å². The van der Waals surface area contributed by atoms with Crippen LogP contribution in [-0.4, -0.2) is 4.98 Å². The monoisotopic (exact) mass is 307 g/mol. The van der Waals surface area contributed by atoms with Crippen LogP contribution in [0, 0.1) is 6.92 Å². The average molecular weight is 307 g/mol. The summed E-state index contributed by atoms with van der Waals surface area (Å²) in [7, 11) is 0. The van der Waals surface area contributed by atoms with Crippen LogP contribution in [0.1, 0.15) is 5.56 Å². The minimum absolute atomic E-state index is 1.09. The highest BCUT2D eigenvalue weighted by atomic mass is 32.1. The van der Waals surface area contributed by atoms with Crippen LogP contribution in [0.25, 0.3) is 30.4 Å². The zero-order chi connectivity index (χ0) is 14.2. The third-order valence-electron chi connectivity index (χ3n) is 3.47. The van der Waals surface area contributed by atoms with Gasteiger partial charge in [-0.1, -0.05) is 48.0 Å². The molecule has 2 heterocycles. The Morgan fingerprint density at radius 2 is 1.67 bits per heavy atom. The molecule has 0 bridgehead atoms. The summed E-state index contributed by atoms with van der Waals surface area (Å²) in [5, 5.41) is 2.39. The first-order chi connectivity index (χ1) is 10.3. The van der Waals surface area contributed by atoms with Gasteiger partial charge in [-0.25, -0.2) is 4.98 Å². The Kier molecular flexibility index (Phi) is 3.09. The number of thiazole rings is 1. The van der Waals surface area contributed by atoms with Crippen molar-refractivity contribution in [2.45, 2.75) is 6.92 Å². The van der Waals surface area contributed by atoms with Crippen LogP contribution >= 0.6 is 22.7 Å². The summed E-state index contributed by atoms with van der Waals surface area (Å²) < 4.78 is 1.33. The van der Waals surface area contributed by atoms with Crippen LogP contribution in [0.5, 0.6) is 0 Å². The number of hydrogen-bond donors (Lipinski definition) is 0. The van der Waals surface area contributed by atoms with Gasteiger partial charge < -0.3 is 0 Å². The van der Waals surface area contributed by atoms with Crippen molar-refractivity contribution < 1.29 is 0 Å². The molecule has 2 aromatic carbocycles. The van der Waals surface area contributed by atoms with Crippen LogP contribution < -0.4 is 0 Å². The molecule has 0 fully saturated rings. The third kappa shape index (κ3) is 2.39. The normalized spacial score (nSPS) is 11.1. The number of aryl methyl sites for hydroxylation is 1. The van der Waals surface area contributed by atoms with Crippen molar-refractivity contribution in [1.82, 2.24) is 4.98 Å². The fourth-order valence-corrected chi connectivity index (χ4v) is 4.37. The maximum atomic E-state index is 4.59. The van der Waals surface area contributed by atoms with Gasteiger partial charge in [0.25, 0.3) is 0 Å². The molecule has 0 atom stereocenters. The van der Waals surface area contributed by atoms with Crippen molar-refractivity contribution in [1.29, 1.82) is 0 Å². The van der Waals surface area contributed by atoms with E-state index in [0.717, 1.165) is 5.01 Å². The highest BCUT2D eigenvalue weighted by Gasteiger charge is 2.09. The van der Waals surface area contributed by atoms with E-state index >= 15 is 0 Å². The first-order valence-corrected chi connectivity index (χ1v) is 8.45. The predicted octanol–water partition coefficient (Wildman–Crippen LogP) is 6.00. The summed E-state index contributed by atoms with van der Waals surface area (Å²) in [5.74, 6) is 0. The van der Waals surface area contributed by atoms with Gasteiger partial charge in [0.15, 0.2) is 0 Å². The topological polar surface area (TPSA) is 12.9 Å². The first kappa shape index (κ1) is 12.7. The van der Waals surface area contributed by atoms with E-state index in [1.54, 1.807) is 11.3 Å². The number of hydrogen-bond acceptors (Lipinski definition) is 3. The molecule has 3 heteroatoms. The molecule has 0 saturated carbocycles. The predicted molar refractivity (Wildman–Crippen MR) is 93.1 cm³/mol. The highest BCUT2D eigenvalue weighted by Crippen LogP contribution is 2.38. The van der Waals surface area contributed by atoms with Crippen LogP contribution in [0.2, 0.25) is 0 Å². The van der Waals surface area contributed by atoms with E-state index in [0.29, 0.717) is 0 Å². The largest absolute Gasteiger partial charge is 0.244 e. The van der Waals surface area contributed by atoms with E-state index in [-0.39, 0.29) is 0 Å². The average Bonchev–Trinajstić information content (AvgIpc) is 3.14. The van der Waals surface area contributed by atoms with Crippen LogP contribution in [0.3, 0.4) is 0 Å². The lowest BCUT2D eigenvalue weighted by Gasteiger charge is -1.96. The summed E-state index contributed by atoms with van der Waals surface area (Å²) >= 11 is 3.59. The van der Waals surface area contributed by atoms with Gasteiger partial charge in [-0.2, -0.15) is 0 Å². The molecule has 0 saturated heterocycles. The van der Waals surface area contributed by atoms with Crippen molar-refractivity contribution in [2.24, 2.45) is 0 Å². The zero-order valence-corrected chi connectivity index (χ0v) is 13.2. The molecule has 1 nitrogen and oxygen atoms in total. The summed E-state index contributed by atoms with van der Waals surface area (Å²) in [4.78, 5) is 7.13. The van der Waals surface area contributed by atoms with E-state index in [1.807, 2.05) is 17.5 Å². The molecular formula is C18H13NS2. The number of fused-ring (bicyclic) bond motifs is 1. The standard InChI is InChI=1S/C18H13NS2/c1-12-6-8-13(9-7-12)18-19-11-17(21-18)16-10-14-4-2-3-5-15(14)20-16/h2-11H,1H3. The Morgan fingerprint density at radius 1 is 0.857 bits per heavy atom. The quantitative estimate of drug-likeness (QED) is 0.442.